The number of hydrogen-bond donors (Lipinski definition) is 9. The minimum absolute atomic E-state index is 0.213. The fourth-order valence-electron chi connectivity index (χ4n) is 9.96. The number of carbonyl (C=O) groups is 1. The van der Waals surface area contributed by atoms with Gasteiger partial charge in [0.05, 0.1) is 32.0 Å². The molecule has 9 N–H and O–H groups in total. The van der Waals surface area contributed by atoms with Crippen molar-refractivity contribution in [3.63, 3.8) is 0 Å². The van der Waals surface area contributed by atoms with Gasteiger partial charge in [-0.05, 0) is 83.5 Å². The molecule has 2 rings (SSSR count). The number of hydrogen-bond acceptors (Lipinski definition) is 13. The van der Waals surface area contributed by atoms with Crippen molar-refractivity contribution < 1.29 is 64.6 Å². The smallest absolute Gasteiger partial charge is 0.220 e. The van der Waals surface area contributed by atoms with E-state index in [1.54, 1.807) is 6.08 Å². The van der Waals surface area contributed by atoms with Gasteiger partial charge in [0.1, 0.15) is 48.8 Å². The van der Waals surface area contributed by atoms with Gasteiger partial charge in [0, 0.05) is 6.42 Å². The second-order valence-electron chi connectivity index (χ2n) is 22.1. The quantitative estimate of drug-likeness (QED) is 0.0204. The Hall–Kier alpha value is -2.83. The molecule has 0 aromatic rings. The predicted octanol–water partition coefficient (Wildman–Crippen LogP) is 11.7. The summed E-state index contributed by atoms with van der Waals surface area (Å²) in [6.45, 7) is 2.63. The molecule has 0 bridgehead atoms. The van der Waals surface area contributed by atoms with Crippen LogP contribution in [0.5, 0.6) is 0 Å². The van der Waals surface area contributed by atoms with Crippen molar-refractivity contribution in [1.82, 2.24) is 5.32 Å². The lowest BCUT2D eigenvalue weighted by Gasteiger charge is -2.46. The SMILES string of the molecule is CC/C=C\C/C=C\C/C=C\C/C=C\CCCCC(=O)NC(COC1OC(CO)C(OC2OC(CO)C(O)C(O)C2O)C(O)C1O)C(O)/C=C/CC/C=C/CC/C=C/CCCCCCCCCCCCCCCCCCCCCCC. The third-order valence-corrected chi connectivity index (χ3v) is 15.0. The molecule has 2 fully saturated rings. The minimum Gasteiger partial charge on any atom is -0.394 e. The zero-order chi connectivity index (χ0) is 58.1. The number of amides is 1. The van der Waals surface area contributed by atoms with Crippen molar-refractivity contribution >= 4 is 5.91 Å². The Balaban J connectivity index is 1.73. The number of carbonyl (C=O) groups excluding carboxylic acids is 1. The fraction of sp³-hybridized carbons (Fsp3) is 0.773. The summed E-state index contributed by atoms with van der Waals surface area (Å²) < 4.78 is 22.7. The van der Waals surface area contributed by atoms with Crippen LogP contribution in [0.4, 0.5) is 0 Å². The van der Waals surface area contributed by atoms with Crippen LogP contribution in [0, 0.1) is 0 Å². The van der Waals surface area contributed by atoms with Crippen LogP contribution >= 0.6 is 0 Å². The van der Waals surface area contributed by atoms with Crippen molar-refractivity contribution in [3.8, 4) is 0 Å². The molecule has 0 radical (unpaired) electrons. The summed E-state index contributed by atoms with van der Waals surface area (Å²) in [5.41, 5.74) is 0. The molecule has 2 aliphatic rings. The maximum atomic E-state index is 13.2. The fourth-order valence-corrected chi connectivity index (χ4v) is 9.96. The highest BCUT2D eigenvalue weighted by Gasteiger charge is 2.51. The molecule has 0 aliphatic carbocycles. The molecule has 0 saturated carbocycles. The van der Waals surface area contributed by atoms with Crippen LogP contribution in [0.2, 0.25) is 0 Å². The Morgan fingerprint density at radius 1 is 0.463 bits per heavy atom. The maximum absolute atomic E-state index is 13.2. The van der Waals surface area contributed by atoms with Gasteiger partial charge in [0.15, 0.2) is 12.6 Å². The van der Waals surface area contributed by atoms with Gasteiger partial charge < -0.3 is 65.1 Å². The highest BCUT2D eigenvalue weighted by molar-refractivity contribution is 5.76. The topological polar surface area (TPSA) is 228 Å². The van der Waals surface area contributed by atoms with E-state index in [-0.39, 0.29) is 18.9 Å². The van der Waals surface area contributed by atoms with E-state index < -0.39 is 86.8 Å². The average molecular weight is 1130 g/mol. The normalized spacial score (nSPS) is 24.8. The van der Waals surface area contributed by atoms with E-state index in [9.17, 15) is 45.6 Å². The van der Waals surface area contributed by atoms with Crippen LogP contribution in [0.25, 0.3) is 0 Å². The molecule has 2 saturated heterocycles. The second-order valence-corrected chi connectivity index (χ2v) is 22.1. The van der Waals surface area contributed by atoms with Crippen LogP contribution in [0.15, 0.2) is 85.1 Å². The summed E-state index contributed by atoms with van der Waals surface area (Å²) in [7, 11) is 0. The number of aliphatic hydroxyl groups is 8. The van der Waals surface area contributed by atoms with E-state index in [0.717, 1.165) is 64.2 Å². The number of aliphatic hydroxyl groups excluding tert-OH is 8. The largest absolute Gasteiger partial charge is 0.394 e. The predicted molar refractivity (Wildman–Crippen MR) is 323 cm³/mol. The van der Waals surface area contributed by atoms with E-state index in [2.05, 4.69) is 92.1 Å². The first kappa shape index (κ1) is 73.3. The first-order valence-electron chi connectivity index (χ1n) is 31.8. The average Bonchev–Trinajstić information content (AvgIpc) is 3.46. The third-order valence-electron chi connectivity index (χ3n) is 15.0. The maximum Gasteiger partial charge on any atom is 0.220 e. The van der Waals surface area contributed by atoms with Crippen LogP contribution in [-0.4, -0.2) is 140 Å². The molecule has 14 heteroatoms. The summed E-state index contributed by atoms with van der Waals surface area (Å²) in [6.07, 6.45) is 52.3. The molecule has 0 aromatic carbocycles. The summed E-state index contributed by atoms with van der Waals surface area (Å²) in [6, 6.07) is -0.965. The Morgan fingerprint density at radius 3 is 1.38 bits per heavy atom. The van der Waals surface area contributed by atoms with Crippen molar-refractivity contribution in [2.24, 2.45) is 0 Å². The monoisotopic (exact) mass is 1130 g/mol. The Labute approximate surface area is 484 Å². The molecule has 12 unspecified atom stereocenters. The highest BCUT2D eigenvalue weighted by Crippen LogP contribution is 2.30. The van der Waals surface area contributed by atoms with Crippen LogP contribution in [0.1, 0.15) is 232 Å². The number of rotatable bonds is 50. The van der Waals surface area contributed by atoms with E-state index in [1.807, 2.05) is 6.08 Å². The highest BCUT2D eigenvalue weighted by atomic mass is 16.7. The molecule has 12 atom stereocenters. The van der Waals surface area contributed by atoms with Gasteiger partial charge in [-0.3, -0.25) is 4.79 Å². The van der Waals surface area contributed by atoms with Crippen molar-refractivity contribution in [2.75, 3.05) is 19.8 Å². The lowest BCUT2D eigenvalue weighted by Crippen LogP contribution is -2.65. The Kier molecular flexibility index (Phi) is 46.4. The standard InChI is InChI=1S/C66H115NO13/c1-3-5-7-9-11-13-15-17-19-20-21-22-23-24-25-26-27-28-29-30-31-32-33-34-36-37-39-41-43-45-47-49-55(70)54(67-58(71)50-48-46-44-42-40-38-35-18-16-14-12-10-8-6-4-2)53-77-65-63(76)61(74)64(57(52-69)79-65)80-66-62(75)60(73)59(72)56(51-68)78-66/h6,8,12,14,18,33-35,39-42,47,49,54-57,59-66,68-70,72-76H,3-5,7,9-11,13,15-17,19-32,36-38,43-46,48,50-53H2,1-2H3,(H,67,71)/b8-6-,14-12-,34-33+,35-18-,41-39+,42-40-,49-47+. The second kappa shape index (κ2) is 50.7. The van der Waals surface area contributed by atoms with Gasteiger partial charge in [-0.25, -0.2) is 0 Å². The van der Waals surface area contributed by atoms with Crippen molar-refractivity contribution in [1.29, 1.82) is 0 Å². The summed E-state index contributed by atoms with van der Waals surface area (Å²) in [5, 5.41) is 87.0. The van der Waals surface area contributed by atoms with Gasteiger partial charge in [-0.15, -0.1) is 0 Å². The Bertz CT molecular complexity index is 1660. The van der Waals surface area contributed by atoms with Gasteiger partial charge in [-0.1, -0.05) is 227 Å². The number of nitrogens with one attached hydrogen (secondary N) is 1. The number of unbranched alkanes of at least 4 members (excludes halogenated alkanes) is 25. The molecular formula is C66H115NO13. The molecule has 462 valence electrons. The van der Waals surface area contributed by atoms with Gasteiger partial charge in [0.25, 0.3) is 0 Å². The molecular weight excluding hydrogens is 1010 g/mol. The molecule has 14 nitrogen and oxygen atoms in total. The van der Waals surface area contributed by atoms with Crippen LogP contribution in [0.3, 0.4) is 0 Å². The Morgan fingerprint density at radius 2 is 0.875 bits per heavy atom. The third kappa shape index (κ3) is 35.3. The minimum atomic E-state index is -1.80. The van der Waals surface area contributed by atoms with Crippen LogP contribution in [-0.2, 0) is 23.7 Å². The first-order chi connectivity index (χ1) is 39.1. The van der Waals surface area contributed by atoms with Gasteiger partial charge >= 0.3 is 0 Å². The molecule has 2 aliphatic heterocycles. The van der Waals surface area contributed by atoms with Crippen LogP contribution < -0.4 is 5.32 Å². The molecule has 2 heterocycles. The van der Waals surface area contributed by atoms with Gasteiger partial charge in [-0.2, -0.15) is 0 Å². The van der Waals surface area contributed by atoms with E-state index in [0.29, 0.717) is 12.8 Å². The molecule has 0 spiro atoms. The molecule has 80 heavy (non-hydrogen) atoms. The van der Waals surface area contributed by atoms with E-state index in [4.69, 9.17) is 18.9 Å². The number of allylic oxidation sites excluding steroid dienone is 13. The zero-order valence-corrected chi connectivity index (χ0v) is 49.8. The summed E-state index contributed by atoms with van der Waals surface area (Å²) in [4.78, 5) is 13.2. The first-order valence-corrected chi connectivity index (χ1v) is 31.8. The lowest BCUT2D eigenvalue weighted by molar-refractivity contribution is -0.359. The number of ether oxygens (including phenoxy) is 4. The van der Waals surface area contributed by atoms with E-state index >= 15 is 0 Å². The summed E-state index contributed by atoms with van der Waals surface area (Å²) >= 11 is 0. The van der Waals surface area contributed by atoms with Crippen molar-refractivity contribution in [3.05, 3.63) is 85.1 Å². The summed E-state index contributed by atoms with van der Waals surface area (Å²) in [5.74, 6) is -0.296. The van der Waals surface area contributed by atoms with E-state index in [1.165, 1.54) is 135 Å². The zero-order valence-electron chi connectivity index (χ0n) is 49.8. The van der Waals surface area contributed by atoms with Gasteiger partial charge in [0.2, 0.25) is 5.91 Å². The lowest BCUT2D eigenvalue weighted by atomic mass is 9.97. The molecule has 0 aromatic heterocycles. The molecule has 1 amide bonds. The van der Waals surface area contributed by atoms with Crippen molar-refractivity contribution in [2.45, 2.75) is 306 Å².